The van der Waals surface area contributed by atoms with Crippen LogP contribution in [0.5, 0.6) is 0 Å². The minimum Gasteiger partial charge on any atom is -0.373 e. The van der Waals surface area contributed by atoms with Crippen molar-refractivity contribution in [3.8, 4) is 0 Å². The molecule has 0 amide bonds. The van der Waals surface area contributed by atoms with Crippen molar-refractivity contribution in [2.75, 3.05) is 35.7 Å². The molecule has 118 valence electrons. The first kappa shape index (κ1) is 15.8. The molecule has 10 heteroatoms. The molecule has 21 heavy (non-hydrogen) atoms. The molecule has 1 fully saturated rings. The predicted octanol–water partition coefficient (Wildman–Crippen LogP) is 1.38. The summed E-state index contributed by atoms with van der Waals surface area (Å²) in [4.78, 5) is 6.76. The maximum Gasteiger partial charge on any atom is 0.451 e. The van der Waals surface area contributed by atoms with Gasteiger partial charge in [0, 0.05) is 19.7 Å². The third-order valence-corrected chi connectivity index (χ3v) is 4.97. The molecule has 1 unspecified atom stereocenters. The van der Waals surface area contributed by atoms with Crippen LogP contribution in [0.1, 0.15) is 12.2 Å². The van der Waals surface area contributed by atoms with Crippen LogP contribution in [0.3, 0.4) is 0 Å². The van der Waals surface area contributed by atoms with Crippen LogP contribution >= 0.6 is 0 Å². The number of anilines is 2. The van der Waals surface area contributed by atoms with Gasteiger partial charge in [-0.05, 0) is 12.3 Å². The lowest BCUT2D eigenvalue weighted by molar-refractivity contribution is -0.144. The Morgan fingerprint density at radius 3 is 2.52 bits per heavy atom. The third-order valence-electron chi connectivity index (χ3n) is 3.13. The van der Waals surface area contributed by atoms with Gasteiger partial charge in [0.2, 0.25) is 5.82 Å². The van der Waals surface area contributed by atoms with E-state index in [-0.39, 0.29) is 35.6 Å². The van der Waals surface area contributed by atoms with Crippen LogP contribution in [-0.2, 0) is 16.0 Å². The van der Waals surface area contributed by atoms with Crippen LogP contribution in [0.4, 0.5) is 24.8 Å². The van der Waals surface area contributed by atoms with E-state index in [0.717, 1.165) is 0 Å². The quantitative estimate of drug-likeness (QED) is 0.870. The molecular weight excluding hydrogens is 309 g/mol. The highest BCUT2D eigenvalue weighted by atomic mass is 32.2. The molecule has 0 aromatic carbocycles. The van der Waals surface area contributed by atoms with E-state index in [1.807, 2.05) is 0 Å². The molecule has 1 aliphatic rings. The van der Waals surface area contributed by atoms with Crippen molar-refractivity contribution in [2.24, 2.45) is 5.92 Å². The number of rotatable bonds is 4. The first-order valence-corrected chi connectivity index (χ1v) is 8.10. The normalized spacial score (nSPS) is 21.2. The molecule has 0 bridgehead atoms. The molecule has 2 N–H and O–H groups in total. The SMILES string of the molecule is CNc1cc(NCC2CCS(=O)(=O)C2)nc(C(F)(F)F)n1. The van der Waals surface area contributed by atoms with Crippen LogP contribution in [-0.4, -0.2) is 43.5 Å². The highest BCUT2D eigenvalue weighted by molar-refractivity contribution is 7.91. The van der Waals surface area contributed by atoms with Gasteiger partial charge >= 0.3 is 6.18 Å². The average molecular weight is 324 g/mol. The zero-order chi connectivity index (χ0) is 15.7. The molecule has 0 aliphatic carbocycles. The molecule has 6 nitrogen and oxygen atoms in total. The van der Waals surface area contributed by atoms with Gasteiger partial charge in [0.15, 0.2) is 9.84 Å². The first-order chi connectivity index (χ1) is 9.69. The Balaban J connectivity index is 2.09. The second-order valence-electron chi connectivity index (χ2n) is 4.86. The highest BCUT2D eigenvalue weighted by Gasteiger charge is 2.35. The van der Waals surface area contributed by atoms with Crippen molar-refractivity contribution in [2.45, 2.75) is 12.6 Å². The number of aromatic nitrogens is 2. The summed E-state index contributed by atoms with van der Waals surface area (Å²) in [6.07, 6.45) is -4.13. The van der Waals surface area contributed by atoms with Gasteiger partial charge in [-0.15, -0.1) is 0 Å². The number of nitrogens with one attached hydrogen (secondary N) is 2. The molecule has 1 atom stereocenters. The number of hydrogen-bond donors (Lipinski definition) is 2. The van der Waals surface area contributed by atoms with E-state index in [1.54, 1.807) is 0 Å². The number of sulfone groups is 1. The highest BCUT2D eigenvalue weighted by Crippen LogP contribution is 2.28. The Hall–Kier alpha value is -1.58. The van der Waals surface area contributed by atoms with Gasteiger partial charge in [-0.2, -0.15) is 13.2 Å². The van der Waals surface area contributed by atoms with E-state index in [4.69, 9.17) is 0 Å². The fourth-order valence-corrected chi connectivity index (χ4v) is 3.94. The number of hydrogen-bond acceptors (Lipinski definition) is 6. The number of alkyl halides is 3. The molecule has 1 aromatic rings. The third kappa shape index (κ3) is 4.19. The van der Waals surface area contributed by atoms with E-state index in [0.29, 0.717) is 6.42 Å². The lowest BCUT2D eigenvalue weighted by atomic mass is 10.1. The van der Waals surface area contributed by atoms with Gasteiger partial charge < -0.3 is 10.6 Å². The largest absolute Gasteiger partial charge is 0.451 e. The van der Waals surface area contributed by atoms with Gasteiger partial charge in [-0.3, -0.25) is 0 Å². The fourth-order valence-electron chi connectivity index (χ4n) is 2.07. The summed E-state index contributed by atoms with van der Waals surface area (Å²) in [7, 11) is -1.56. The number of halogens is 3. The van der Waals surface area contributed by atoms with Crippen LogP contribution in [0.15, 0.2) is 6.07 Å². The Labute approximate surface area is 120 Å². The Morgan fingerprint density at radius 1 is 1.33 bits per heavy atom. The van der Waals surface area contributed by atoms with Crippen LogP contribution in [0.2, 0.25) is 0 Å². The second-order valence-corrected chi connectivity index (χ2v) is 7.09. The summed E-state index contributed by atoms with van der Waals surface area (Å²) in [6, 6.07) is 1.35. The molecule has 2 heterocycles. The van der Waals surface area contributed by atoms with Crippen molar-refractivity contribution >= 4 is 21.5 Å². The summed E-state index contributed by atoms with van der Waals surface area (Å²) in [5.41, 5.74) is 0. The molecule has 1 aliphatic heterocycles. The van der Waals surface area contributed by atoms with E-state index < -0.39 is 21.8 Å². The van der Waals surface area contributed by atoms with Gasteiger partial charge in [0.1, 0.15) is 11.6 Å². The Morgan fingerprint density at radius 2 is 2.00 bits per heavy atom. The van der Waals surface area contributed by atoms with Gasteiger partial charge in [0.05, 0.1) is 11.5 Å². The summed E-state index contributed by atoms with van der Waals surface area (Å²) < 4.78 is 60.7. The van der Waals surface area contributed by atoms with E-state index >= 15 is 0 Å². The standard InChI is InChI=1S/C11H15F3N4O2S/c1-15-8-4-9(18-10(17-8)11(12,13)14)16-5-7-2-3-21(19,20)6-7/h4,7H,2-3,5-6H2,1H3,(H2,15,16,17,18). The van der Waals surface area contributed by atoms with Crippen molar-refractivity contribution in [1.82, 2.24) is 9.97 Å². The minimum absolute atomic E-state index is 0.0194. The van der Waals surface area contributed by atoms with Gasteiger partial charge in [-0.1, -0.05) is 0 Å². The van der Waals surface area contributed by atoms with Crippen molar-refractivity contribution in [3.05, 3.63) is 11.9 Å². The zero-order valence-corrected chi connectivity index (χ0v) is 12.1. The molecule has 1 saturated heterocycles. The summed E-state index contributed by atoms with van der Waals surface area (Å²) in [6.45, 7) is 0.261. The smallest absolute Gasteiger partial charge is 0.373 e. The average Bonchev–Trinajstić information content (AvgIpc) is 2.74. The van der Waals surface area contributed by atoms with Crippen molar-refractivity contribution in [1.29, 1.82) is 0 Å². The monoisotopic (exact) mass is 324 g/mol. The number of nitrogens with zero attached hydrogens (tertiary/aromatic N) is 2. The Bertz CT molecular complexity index is 618. The molecule has 0 radical (unpaired) electrons. The van der Waals surface area contributed by atoms with Crippen molar-refractivity contribution in [3.63, 3.8) is 0 Å². The van der Waals surface area contributed by atoms with E-state index in [1.165, 1.54) is 13.1 Å². The lowest BCUT2D eigenvalue weighted by Crippen LogP contribution is -2.19. The Kier molecular flexibility index (Phi) is 4.26. The zero-order valence-electron chi connectivity index (χ0n) is 11.2. The van der Waals surface area contributed by atoms with Crippen LogP contribution in [0, 0.1) is 5.92 Å². The molecule has 0 spiro atoms. The summed E-state index contributed by atoms with van der Waals surface area (Å²) in [5.74, 6) is -1.12. The van der Waals surface area contributed by atoms with Gasteiger partial charge in [0.25, 0.3) is 0 Å². The van der Waals surface area contributed by atoms with E-state index in [2.05, 4.69) is 20.6 Å². The lowest BCUT2D eigenvalue weighted by Gasteiger charge is -2.13. The molecular formula is C11H15F3N4O2S. The van der Waals surface area contributed by atoms with Crippen molar-refractivity contribution < 1.29 is 21.6 Å². The molecule has 0 saturated carbocycles. The van der Waals surface area contributed by atoms with E-state index in [9.17, 15) is 21.6 Å². The van der Waals surface area contributed by atoms with Crippen LogP contribution in [0.25, 0.3) is 0 Å². The minimum atomic E-state index is -4.64. The fraction of sp³-hybridized carbons (Fsp3) is 0.636. The first-order valence-electron chi connectivity index (χ1n) is 6.28. The summed E-state index contributed by atoms with van der Waals surface area (Å²) in [5, 5.41) is 5.29. The molecule has 1 aromatic heterocycles. The molecule has 2 rings (SSSR count). The van der Waals surface area contributed by atoms with Crippen LogP contribution < -0.4 is 10.6 Å². The predicted molar refractivity (Wildman–Crippen MR) is 71.8 cm³/mol. The second kappa shape index (κ2) is 5.66. The maximum atomic E-state index is 12.7. The summed E-state index contributed by atoms with van der Waals surface area (Å²) >= 11 is 0. The topological polar surface area (TPSA) is 84.0 Å². The van der Waals surface area contributed by atoms with Gasteiger partial charge in [-0.25, -0.2) is 18.4 Å². The maximum absolute atomic E-state index is 12.7.